The molecule has 4 N–H and O–H groups in total. The lowest BCUT2D eigenvalue weighted by molar-refractivity contribution is 1.00. The Kier molecular flexibility index (Phi) is 5.46. The summed E-state index contributed by atoms with van der Waals surface area (Å²) in [7, 11) is 0. The van der Waals surface area contributed by atoms with Gasteiger partial charge in [0, 0.05) is 12.2 Å². The van der Waals surface area contributed by atoms with Crippen molar-refractivity contribution in [3.63, 3.8) is 0 Å². The monoisotopic (exact) mass is 333 g/mol. The van der Waals surface area contributed by atoms with Crippen LogP contribution in [0, 0.1) is 0 Å². The molecular weight excluding hydrogens is 310 g/mol. The van der Waals surface area contributed by atoms with Crippen LogP contribution in [-0.2, 0) is 12.8 Å². The van der Waals surface area contributed by atoms with Gasteiger partial charge in [0.05, 0.1) is 0 Å². The summed E-state index contributed by atoms with van der Waals surface area (Å²) in [5.74, 6) is 1.28. The molecule has 0 radical (unpaired) electrons. The fraction of sp³-hybridized carbons (Fsp3) is 0.200. The summed E-state index contributed by atoms with van der Waals surface area (Å²) >= 11 is 0. The van der Waals surface area contributed by atoms with Crippen molar-refractivity contribution in [2.45, 2.75) is 19.8 Å². The number of para-hydroxylation sites is 1. The number of hydrogen-bond acceptors (Lipinski definition) is 5. The number of aromatic nitrogens is 2. The van der Waals surface area contributed by atoms with Crippen LogP contribution in [0.2, 0.25) is 0 Å². The first-order chi connectivity index (χ1) is 12.3. The lowest BCUT2D eigenvalue weighted by atomic mass is 10.1. The fourth-order valence-corrected chi connectivity index (χ4v) is 2.68. The van der Waals surface area contributed by atoms with E-state index in [0.717, 1.165) is 25.1 Å². The molecule has 0 spiro atoms. The van der Waals surface area contributed by atoms with Crippen molar-refractivity contribution in [2.24, 2.45) is 0 Å². The smallest absolute Gasteiger partial charge is 0.159 e. The average molecular weight is 333 g/mol. The Bertz CT molecular complexity index is 817. The molecular formula is C20H23N5. The lowest BCUT2D eigenvalue weighted by Gasteiger charge is -2.14. The molecule has 0 aliphatic heterocycles. The van der Waals surface area contributed by atoms with Crippen LogP contribution in [0.5, 0.6) is 0 Å². The van der Waals surface area contributed by atoms with Gasteiger partial charge in [-0.15, -0.1) is 0 Å². The van der Waals surface area contributed by atoms with Gasteiger partial charge in [-0.2, -0.15) is 0 Å². The summed E-state index contributed by atoms with van der Waals surface area (Å²) in [5.41, 5.74) is 10.3. The number of benzene rings is 2. The van der Waals surface area contributed by atoms with E-state index in [9.17, 15) is 0 Å². The molecule has 0 aliphatic carbocycles. The molecule has 0 saturated heterocycles. The maximum atomic E-state index is 6.25. The van der Waals surface area contributed by atoms with Crippen molar-refractivity contribution in [3.05, 3.63) is 72.1 Å². The Hall–Kier alpha value is -3.08. The molecule has 0 unspecified atom stereocenters. The normalized spacial score (nSPS) is 10.4. The van der Waals surface area contributed by atoms with E-state index in [2.05, 4.69) is 45.7 Å². The van der Waals surface area contributed by atoms with Gasteiger partial charge in [-0.3, -0.25) is 0 Å². The third-order valence-electron chi connectivity index (χ3n) is 4.08. The summed E-state index contributed by atoms with van der Waals surface area (Å²) in [4.78, 5) is 8.56. The van der Waals surface area contributed by atoms with Gasteiger partial charge in [-0.05, 0) is 30.0 Å². The number of anilines is 4. The minimum absolute atomic E-state index is 0.529. The zero-order valence-corrected chi connectivity index (χ0v) is 14.4. The van der Waals surface area contributed by atoms with E-state index in [1.54, 1.807) is 0 Å². The molecule has 5 heteroatoms. The summed E-state index contributed by atoms with van der Waals surface area (Å²) in [5, 5.41) is 6.62. The third kappa shape index (κ3) is 4.26. The number of aryl methyl sites for hydroxylation is 1. The van der Waals surface area contributed by atoms with Crippen molar-refractivity contribution in [1.29, 1.82) is 0 Å². The average Bonchev–Trinajstić information content (AvgIpc) is 2.66. The Balaban J connectivity index is 1.69. The van der Waals surface area contributed by atoms with Gasteiger partial charge in [0.1, 0.15) is 12.0 Å². The Labute approximate surface area is 148 Å². The lowest BCUT2D eigenvalue weighted by Crippen LogP contribution is -2.11. The van der Waals surface area contributed by atoms with Gasteiger partial charge < -0.3 is 16.4 Å². The van der Waals surface area contributed by atoms with E-state index in [0.29, 0.717) is 17.3 Å². The molecule has 3 aromatic rings. The maximum Gasteiger partial charge on any atom is 0.159 e. The van der Waals surface area contributed by atoms with Gasteiger partial charge in [0.15, 0.2) is 11.6 Å². The summed E-state index contributed by atoms with van der Waals surface area (Å²) in [6.45, 7) is 2.89. The molecule has 3 rings (SSSR count). The second-order valence-corrected chi connectivity index (χ2v) is 5.78. The van der Waals surface area contributed by atoms with Crippen LogP contribution in [0.4, 0.5) is 23.0 Å². The number of nitrogens with zero attached hydrogens (tertiary/aromatic N) is 2. The highest BCUT2D eigenvalue weighted by atomic mass is 15.1. The minimum Gasteiger partial charge on any atom is -0.393 e. The Morgan fingerprint density at radius 2 is 1.64 bits per heavy atom. The molecule has 0 bridgehead atoms. The van der Waals surface area contributed by atoms with Crippen molar-refractivity contribution in [3.8, 4) is 0 Å². The van der Waals surface area contributed by atoms with Crippen molar-refractivity contribution >= 4 is 23.0 Å². The Morgan fingerprint density at radius 3 is 2.44 bits per heavy atom. The third-order valence-corrected chi connectivity index (χ3v) is 4.08. The first-order valence-electron chi connectivity index (χ1n) is 8.51. The first kappa shape index (κ1) is 16.8. The summed E-state index contributed by atoms with van der Waals surface area (Å²) < 4.78 is 0. The van der Waals surface area contributed by atoms with Gasteiger partial charge in [-0.1, -0.05) is 55.5 Å². The number of rotatable bonds is 7. The van der Waals surface area contributed by atoms with Crippen LogP contribution < -0.4 is 16.4 Å². The summed E-state index contributed by atoms with van der Waals surface area (Å²) in [6.07, 6.45) is 3.38. The van der Waals surface area contributed by atoms with Crippen LogP contribution in [0.15, 0.2) is 60.9 Å². The van der Waals surface area contributed by atoms with Gasteiger partial charge >= 0.3 is 0 Å². The zero-order valence-electron chi connectivity index (χ0n) is 14.4. The molecule has 5 nitrogen and oxygen atoms in total. The zero-order chi connectivity index (χ0) is 17.5. The largest absolute Gasteiger partial charge is 0.393 e. The number of nitrogen functional groups attached to an aromatic ring is 1. The van der Waals surface area contributed by atoms with Gasteiger partial charge in [0.25, 0.3) is 0 Å². The van der Waals surface area contributed by atoms with Crippen molar-refractivity contribution in [2.75, 3.05) is 22.9 Å². The minimum atomic E-state index is 0.529. The topological polar surface area (TPSA) is 75.9 Å². The highest BCUT2D eigenvalue weighted by molar-refractivity contribution is 5.78. The van der Waals surface area contributed by atoms with Crippen LogP contribution >= 0.6 is 0 Å². The van der Waals surface area contributed by atoms with E-state index in [4.69, 9.17) is 5.73 Å². The SMILES string of the molecule is CCc1ccccc1Nc1ncnc(NCCc2ccccc2)c1N. The number of nitrogens with one attached hydrogen (secondary N) is 2. The quantitative estimate of drug-likeness (QED) is 0.609. The second kappa shape index (κ2) is 8.15. The maximum absolute atomic E-state index is 6.25. The van der Waals surface area contributed by atoms with Crippen molar-refractivity contribution in [1.82, 2.24) is 9.97 Å². The molecule has 25 heavy (non-hydrogen) atoms. The van der Waals surface area contributed by atoms with Gasteiger partial charge in [-0.25, -0.2) is 9.97 Å². The van der Waals surface area contributed by atoms with Crippen molar-refractivity contribution < 1.29 is 0 Å². The highest BCUT2D eigenvalue weighted by Crippen LogP contribution is 2.27. The van der Waals surface area contributed by atoms with E-state index >= 15 is 0 Å². The molecule has 1 heterocycles. The molecule has 0 saturated carbocycles. The summed E-state index contributed by atoms with van der Waals surface area (Å²) in [6, 6.07) is 18.5. The molecule has 0 aliphatic rings. The molecule has 1 aromatic heterocycles. The molecule has 0 fully saturated rings. The van der Waals surface area contributed by atoms with Crippen LogP contribution in [-0.4, -0.2) is 16.5 Å². The van der Waals surface area contributed by atoms with E-state index < -0.39 is 0 Å². The highest BCUT2D eigenvalue weighted by Gasteiger charge is 2.09. The van der Waals surface area contributed by atoms with Crippen LogP contribution in [0.25, 0.3) is 0 Å². The molecule has 2 aromatic carbocycles. The van der Waals surface area contributed by atoms with Gasteiger partial charge in [0.2, 0.25) is 0 Å². The van der Waals surface area contributed by atoms with E-state index in [1.165, 1.54) is 17.5 Å². The van der Waals surface area contributed by atoms with E-state index in [-0.39, 0.29) is 0 Å². The van der Waals surface area contributed by atoms with Crippen LogP contribution in [0.1, 0.15) is 18.1 Å². The molecule has 0 atom stereocenters. The van der Waals surface area contributed by atoms with Crippen LogP contribution in [0.3, 0.4) is 0 Å². The molecule has 128 valence electrons. The van der Waals surface area contributed by atoms with E-state index in [1.807, 2.05) is 36.4 Å². The second-order valence-electron chi connectivity index (χ2n) is 5.78. The fourth-order valence-electron chi connectivity index (χ4n) is 2.68. The number of hydrogen-bond donors (Lipinski definition) is 3. The molecule has 0 amide bonds. The number of nitrogens with two attached hydrogens (primary N) is 1. The standard InChI is InChI=1S/C20H23N5/c1-2-16-10-6-7-11-17(16)25-20-18(21)19(23-14-24-20)22-13-12-15-8-4-3-5-9-15/h3-11,14H,2,12-13,21H2,1H3,(H2,22,23,24,25). The Morgan fingerprint density at radius 1 is 0.920 bits per heavy atom. The predicted octanol–water partition coefficient (Wildman–Crippen LogP) is 4.02. The predicted molar refractivity (Wildman–Crippen MR) is 104 cm³/mol. The first-order valence-corrected chi connectivity index (χ1v) is 8.51.